The Balaban J connectivity index is 0.00000385. The molecule has 0 saturated carbocycles. The van der Waals surface area contributed by atoms with Crippen LogP contribution in [0.1, 0.15) is 25.0 Å². The molecule has 0 amide bonds. The highest BCUT2D eigenvalue weighted by Gasteiger charge is 2.24. The summed E-state index contributed by atoms with van der Waals surface area (Å²) in [5.41, 5.74) is 1.88. The fraction of sp³-hybridized carbons (Fsp3) is 0.458. The molecular formula is C24H35IN4O4. The van der Waals surface area contributed by atoms with Crippen LogP contribution in [-0.2, 0) is 0 Å². The summed E-state index contributed by atoms with van der Waals surface area (Å²) in [6.45, 7) is 4.80. The lowest BCUT2D eigenvalue weighted by molar-refractivity contribution is 0.187. The number of ether oxygens (including phenoxy) is 3. The second-order valence-corrected chi connectivity index (χ2v) is 7.66. The Bertz CT molecular complexity index is 872. The lowest BCUT2D eigenvalue weighted by atomic mass is 10.1. The molecule has 1 aliphatic rings. The van der Waals surface area contributed by atoms with Crippen molar-refractivity contribution in [2.24, 2.45) is 4.99 Å². The molecular weight excluding hydrogens is 535 g/mol. The van der Waals surface area contributed by atoms with Gasteiger partial charge in [-0.1, -0.05) is 12.1 Å². The van der Waals surface area contributed by atoms with Crippen LogP contribution in [0.3, 0.4) is 0 Å². The van der Waals surface area contributed by atoms with Crippen LogP contribution >= 0.6 is 24.0 Å². The normalized spacial score (nSPS) is 16.6. The summed E-state index contributed by atoms with van der Waals surface area (Å²) in [5, 5.41) is 17.3. The van der Waals surface area contributed by atoms with E-state index in [-0.39, 0.29) is 36.6 Å². The Hall–Kier alpha value is -2.40. The van der Waals surface area contributed by atoms with Crippen molar-refractivity contribution in [2.45, 2.75) is 25.5 Å². The Labute approximate surface area is 213 Å². The average molecular weight is 570 g/mol. The SMILES string of the molecule is CCNC(=NCC(O)c1ccc(OC)cc1)NC1CCN(c2cc(OC)cc(OC)c2)C1.I. The van der Waals surface area contributed by atoms with E-state index < -0.39 is 6.10 Å². The number of nitrogens with one attached hydrogen (secondary N) is 2. The topological polar surface area (TPSA) is 87.6 Å². The van der Waals surface area contributed by atoms with Gasteiger partial charge in [0.1, 0.15) is 17.2 Å². The number of nitrogens with zero attached hydrogens (tertiary/aromatic N) is 2. The van der Waals surface area contributed by atoms with Crippen LogP contribution in [0.5, 0.6) is 17.2 Å². The highest BCUT2D eigenvalue weighted by Crippen LogP contribution is 2.30. The maximum atomic E-state index is 10.5. The van der Waals surface area contributed by atoms with E-state index in [1.807, 2.05) is 49.4 Å². The van der Waals surface area contributed by atoms with Gasteiger partial charge in [-0.15, -0.1) is 24.0 Å². The predicted molar refractivity (Wildman–Crippen MR) is 143 cm³/mol. The minimum absolute atomic E-state index is 0. The van der Waals surface area contributed by atoms with Gasteiger partial charge in [-0.05, 0) is 31.0 Å². The van der Waals surface area contributed by atoms with Gasteiger partial charge in [-0.25, -0.2) is 0 Å². The molecule has 1 fully saturated rings. The molecule has 2 aromatic carbocycles. The average Bonchev–Trinajstić information content (AvgIpc) is 3.30. The van der Waals surface area contributed by atoms with Crippen LogP contribution < -0.4 is 29.7 Å². The van der Waals surface area contributed by atoms with Crippen LogP contribution in [0.25, 0.3) is 0 Å². The van der Waals surface area contributed by atoms with Gasteiger partial charge in [0.05, 0.1) is 34.0 Å². The van der Waals surface area contributed by atoms with Crippen LogP contribution in [-0.4, -0.2) is 64.6 Å². The van der Waals surface area contributed by atoms with Crippen LogP contribution in [0, 0.1) is 0 Å². The van der Waals surface area contributed by atoms with E-state index in [1.54, 1.807) is 21.3 Å². The first-order valence-corrected chi connectivity index (χ1v) is 10.9. The fourth-order valence-electron chi connectivity index (χ4n) is 3.71. The molecule has 8 nitrogen and oxygen atoms in total. The number of hydrogen-bond donors (Lipinski definition) is 3. The van der Waals surface area contributed by atoms with Crippen molar-refractivity contribution in [2.75, 3.05) is 52.4 Å². The Morgan fingerprint density at radius 3 is 2.27 bits per heavy atom. The summed E-state index contributed by atoms with van der Waals surface area (Å²) >= 11 is 0. The summed E-state index contributed by atoms with van der Waals surface area (Å²) in [7, 11) is 4.94. The van der Waals surface area contributed by atoms with E-state index >= 15 is 0 Å². The molecule has 3 rings (SSSR count). The van der Waals surface area contributed by atoms with Crippen molar-refractivity contribution in [1.29, 1.82) is 0 Å². The molecule has 0 radical (unpaired) electrons. The second kappa shape index (κ2) is 13.3. The van der Waals surface area contributed by atoms with Gasteiger partial charge in [0, 0.05) is 49.6 Å². The molecule has 1 heterocycles. The zero-order valence-corrected chi connectivity index (χ0v) is 22.0. The number of methoxy groups -OCH3 is 3. The first-order valence-electron chi connectivity index (χ1n) is 10.9. The molecule has 0 bridgehead atoms. The summed E-state index contributed by atoms with van der Waals surface area (Å²) in [6.07, 6.45) is 0.297. The van der Waals surface area contributed by atoms with Gasteiger partial charge < -0.3 is 34.9 Å². The first kappa shape index (κ1) is 26.8. The summed E-state index contributed by atoms with van der Waals surface area (Å²) < 4.78 is 16.0. The Morgan fingerprint density at radius 2 is 1.70 bits per heavy atom. The minimum Gasteiger partial charge on any atom is -0.497 e. The van der Waals surface area contributed by atoms with E-state index in [0.717, 1.165) is 54.6 Å². The monoisotopic (exact) mass is 570 g/mol. The van der Waals surface area contributed by atoms with Crippen LogP contribution in [0.4, 0.5) is 5.69 Å². The van der Waals surface area contributed by atoms with Gasteiger partial charge in [-0.3, -0.25) is 4.99 Å². The van der Waals surface area contributed by atoms with Gasteiger partial charge >= 0.3 is 0 Å². The molecule has 2 atom stereocenters. The van der Waals surface area contributed by atoms with Crippen molar-refractivity contribution in [3.63, 3.8) is 0 Å². The molecule has 2 aromatic rings. The molecule has 0 spiro atoms. The van der Waals surface area contributed by atoms with Crippen molar-refractivity contribution in [1.82, 2.24) is 10.6 Å². The third kappa shape index (κ3) is 7.56. The highest BCUT2D eigenvalue weighted by molar-refractivity contribution is 14.0. The van der Waals surface area contributed by atoms with Crippen molar-refractivity contribution in [3.05, 3.63) is 48.0 Å². The molecule has 0 aliphatic carbocycles. The molecule has 3 N–H and O–H groups in total. The van der Waals surface area contributed by atoms with E-state index in [2.05, 4.69) is 20.5 Å². The lowest BCUT2D eigenvalue weighted by Gasteiger charge is -2.21. The molecule has 9 heteroatoms. The van der Waals surface area contributed by atoms with Crippen molar-refractivity contribution < 1.29 is 19.3 Å². The molecule has 1 aliphatic heterocycles. The Kier molecular flexibility index (Phi) is 10.9. The van der Waals surface area contributed by atoms with Crippen molar-refractivity contribution >= 4 is 35.6 Å². The second-order valence-electron chi connectivity index (χ2n) is 7.66. The number of hydrogen-bond acceptors (Lipinski definition) is 6. The van der Waals surface area contributed by atoms with Crippen LogP contribution in [0.2, 0.25) is 0 Å². The largest absolute Gasteiger partial charge is 0.497 e. The van der Waals surface area contributed by atoms with E-state index in [0.29, 0.717) is 5.96 Å². The lowest BCUT2D eigenvalue weighted by Crippen LogP contribution is -2.44. The summed E-state index contributed by atoms with van der Waals surface area (Å²) in [6, 6.07) is 13.6. The number of benzene rings is 2. The van der Waals surface area contributed by atoms with Crippen LogP contribution in [0.15, 0.2) is 47.5 Å². The standard InChI is InChI=1S/C24H34N4O4.HI/c1-5-25-24(26-15-23(29)17-6-8-20(30-2)9-7-17)27-18-10-11-28(16-18)19-12-21(31-3)14-22(13-19)32-4;/h6-9,12-14,18,23,29H,5,10-11,15-16H2,1-4H3,(H2,25,26,27);1H. The minimum atomic E-state index is -0.680. The fourth-order valence-corrected chi connectivity index (χ4v) is 3.71. The molecule has 33 heavy (non-hydrogen) atoms. The molecule has 182 valence electrons. The zero-order valence-electron chi connectivity index (χ0n) is 19.7. The molecule has 2 unspecified atom stereocenters. The maximum absolute atomic E-state index is 10.5. The zero-order chi connectivity index (χ0) is 22.9. The molecule has 1 saturated heterocycles. The smallest absolute Gasteiger partial charge is 0.191 e. The third-order valence-corrected chi connectivity index (χ3v) is 5.50. The predicted octanol–water partition coefficient (Wildman–Crippen LogP) is 3.20. The van der Waals surface area contributed by atoms with Gasteiger partial charge in [0.25, 0.3) is 0 Å². The first-order chi connectivity index (χ1) is 15.6. The number of aliphatic imine (C=N–C) groups is 1. The number of anilines is 1. The van der Waals surface area contributed by atoms with E-state index in [4.69, 9.17) is 14.2 Å². The van der Waals surface area contributed by atoms with Gasteiger partial charge in [0.15, 0.2) is 5.96 Å². The number of aliphatic hydroxyl groups is 1. The van der Waals surface area contributed by atoms with Crippen molar-refractivity contribution in [3.8, 4) is 17.2 Å². The third-order valence-electron chi connectivity index (χ3n) is 5.50. The van der Waals surface area contributed by atoms with E-state index in [9.17, 15) is 5.11 Å². The maximum Gasteiger partial charge on any atom is 0.191 e. The van der Waals surface area contributed by atoms with Gasteiger partial charge in [0.2, 0.25) is 0 Å². The summed E-state index contributed by atoms with van der Waals surface area (Å²) in [5.74, 6) is 3.02. The van der Waals surface area contributed by atoms with Gasteiger partial charge in [-0.2, -0.15) is 0 Å². The number of rotatable bonds is 9. The number of aliphatic hydroxyl groups excluding tert-OH is 1. The number of halogens is 1. The molecule has 0 aromatic heterocycles. The summed E-state index contributed by atoms with van der Waals surface area (Å²) in [4.78, 5) is 6.91. The Morgan fingerprint density at radius 1 is 1.06 bits per heavy atom. The quantitative estimate of drug-likeness (QED) is 0.243. The van der Waals surface area contributed by atoms with E-state index in [1.165, 1.54) is 0 Å². The number of guanidine groups is 1. The highest BCUT2D eigenvalue weighted by atomic mass is 127.